The van der Waals surface area contributed by atoms with Crippen molar-refractivity contribution in [2.75, 3.05) is 20.8 Å². The molecule has 0 aliphatic rings. The minimum absolute atomic E-state index is 0.135. The standard InChI is InChI=1S/C25H35NO5/c1-29-22-13-10-20(11-14-22)9-7-5-3-4-6-8-18-31-24-16-12-21(19-27)26-23(24)15-17-25(28)30-2/h10-14,16,27H,3-9,15,17-19H2,1-2H3. The van der Waals surface area contributed by atoms with E-state index in [4.69, 9.17) is 14.2 Å². The first-order valence-corrected chi connectivity index (χ1v) is 11.1. The van der Waals surface area contributed by atoms with Crippen molar-refractivity contribution in [1.29, 1.82) is 0 Å². The number of ether oxygens (including phenoxy) is 3. The topological polar surface area (TPSA) is 77.9 Å². The van der Waals surface area contributed by atoms with Gasteiger partial charge in [-0.15, -0.1) is 0 Å². The number of aromatic nitrogens is 1. The summed E-state index contributed by atoms with van der Waals surface area (Å²) in [5, 5.41) is 9.30. The number of methoxy groups -OCH3 is 2. The maximum atomic E-state index is 11.4. The van der Waals surface area contributed by atoms with E-state index in [0.717, 1.165) is 25.0 Å². The predicted octanol–water partition coefficient (Wildman–Crippen LogP) is 4.65. The number of aliphatic hydroxyl groups excluding tert-OH is 1. The lowest BCUT2D eigenvalue weighted by molar-refractivity contribution is -0.140. The van der Waals surface area contributed by atoms with Crippen LogP contribution >= 0.6 is 0 Å². The van der Waals surface area contributed by atoms with E-state index in [9.17, 15) is 9.90 Å². The maximum Gasteiger partial charge on any atom is 0.305 e. The van der Waals surface area contributed by atoms with Crippen LogP contribution in [0.3, 0.4) is 0 Å². The number of rotatable bonds is 15. The Balaban J connectivity index is 1.60. The summed E-state index contributed by atoms with van der Waals surface area (Å²) in [5.41, 5.74) is 2.62. The second-order valence-corrected chi connectivity index (χ2v) is 7.55. The summed E-state index contributed by atoms with van der Waals surface area (Å²) in [6.07, 6.45) is 8.76. The molecule has 1 aromatic heterocycles. The van der Waals surface area contributed by atoms with Crippen LogP contribution in [0, 0.1) is 0 Å². The fourth-order valence-corrected chi connectivity index (χ4v) is 3.37. The van der Waals surface area contributed by atoms with E-state index in [1.807, 2.05) is 18.2 Å². The third-order valence-corrected chi connectivity index (χ3v) is 5.22. The zero-order valence-corrected chi connectivity index (χ0v) is 18.8. The average molecular weight is 430 g/mol. The highest BCUT2D eigenvalue weighted by molar-refractivity contribution is 5.69. The first-order valence-electron chi connectivity index (χ1n) is 11.1. The van der Waals surface area contributed by atoms with Gasteiger partial charge in [0.2, 0.25) is 0 Å². The molecule has 0 amide bonds. The van der Waals surface area contributed by atoms with Gasteiger partial charge in [0.25, 0.3) is 0 Å². The zero-order chi connectivity index (χ0) is 22.3. The van der Waals surface area contributed by atoms with Crippen molar-refractivity contribution in [3.63, 3.8) is 0 Å². The Morgan fingerprint density at radius 3 is 2.29 bits per heavy atom. The summed E-state index contributed by atoms with van der Waals surface area (Å²) >= 11 is 0. The molecule has 0 radical (unpaired) electrons. The number of aliphatic hydroxyl groups is 1. The number of esters is 1. The maximum absolute atomic E-state index is 11.4. The van der Waals surface area contributed by atoms with E-state index in [0.29, 0.717) is 30.2 Å². The van der Waals surface area contributed by atoms with Crippen molar-refractivity contribution in [2.45, 2.75) is 64.4 Å². The van der Waals surface area contributed by atoms with Gasteiger partial charge in [-0.25, -0.2) is 0 Å². The van der Waals surface area contributed by atoms with Crippen LogP contribution in [-0.2, 0) is 29.0 Å². The van der Waals surface area contributed by atoms with Crippen molar-refractivity contribution in [3.05, 3.63) is 53.3 Å². The quantitative estimate of drug-likeness (QED) is 0.328. The third kappa shape index (κ3) is 9.39. The first-order chi connectivity index (χ1) is 15.2. The lowest BCUT2D eigenvalue weighted by Gasteiger charge is -2.12. The Hall–Kier alpha value is -2.60. The molecule has 2 rings (SSSR count). The SMILES string of the molecule is COC(=O)CCc1nc(CO)ccc1OCCCCCCCCc1ccc(OC)cc1. The van der Waals surface area contributed by atoms with Gasteiger partial charge >= 0.3 is 5.97 Å². The summed E-state index contributed by atoms with van der Waals surface area (Å²) in [6, 6.07) is 11.9. The molecule has 0 spiro atoms. The number of nitrogens with zero attached hydrogens (tertiary/aromatic N) is 1. The molecule has 0 atom stereocenters. The van der Waals surface area contributed by atoms with E-state index in [1.54, 1.807) is 13.2 Å². The van der Waals surface area contributed by atoms with Gasteiger partial charge in [0.05, 0.1) is 45.2 Å². The molecule has 0 fully saturated rings. The first kappa shape index (κ1) is 24.7. The lowest BCUT2D eigenvalue weighted by atomic mass is 10.0. The average Bonchev–Trinajstić information content (AvgIpc) is 2.82. The Bertz CT molecular complexity index is 776. The highest BCUT2D eigenvalue weighted by atomic mass is 16.5. The van der Waals surface area contributed by atoms with Crippen LogP contribution < -0.4 is 9.47 Å². The lowest BCUT2D eigenvalue weighted by Crippen LogP contribution is -2.07. The predicted molar refractivity (Wildman–Crippen MR) is 120 cm³/mol. The Morgan fingerprint density at radius 2 is 1.61 bits per heavy atom. The molecular weight excluding hydrogens is 394 g/mol. The fourth-order valence-electron chi connectivity index (χ4n) is 3.37. The van der Waals surface area contributed by atoms with E-state index in [-0.39, 0.29) is 19.0 Å². The van der Waals surface area contributed by atoms with Crippen molar-refractivity contribution in [2.24, 2.45) is 0 Å². The number of hydrogen-bond donors (Lipinski definition) is 1. The molecule has 0 saturated heterocycles. The molecule has 6 nitrogen and oxygen atoms in total. The molecule has 170 valence electrons. The van der Waals surface area contributed by atoms with Crippen LogP contribution in [0.15, 0.2) is 36.4 Å². The largest absolute Gasteiger partial charge is 0.497 e. The monoisotopic (exact) mass is 429 g/mol. The summed E-state index contributed by atoms with van der Waals surface area (Å²) < 4.78 is 15.8. The second kappa shape index (κ2) is 14.4. The molecule has 0 bridgehead atoms. The molecule has 1 heterocycles. The van der Waals surface area contributed by atoms with Gasteiger partial charge in [0.1, 0.15) is 11.5 Å². The second-order valence-electron chi connectivity index (χ2n) is 7.55. The van der Waals surface area contributed by atoms with Crippen LogP contribution in [0.5, 0.6) is 11.5 Å². The van der Waals surface area contributed by atoms with E-state index >= 15 is 0 Å². The number of benzene rings is 1. The molecule has 1 N–H and O–H groups in total. The van der Waals surface area contributed by atoms with Crippen LogP contribution in [-0.4, -0.2) is 36.9 Å². The van der Waals surface area contributed by atoms with Crippen LogP contribution in [0.4, 0.5) is 0 Å². The minimum Gasteiger partial charge on any atom is -0.497 e. The third-order valence-electron chi connectivity index (χ3n) is 5.22. The summed E-state index contributed by atoms with van der Waals surface area (Å²) in [5.74, 6) is 1.30. The van der Waals surface area contributed by atoms with E-state index in [1.165, 1.54) is 38.4 Å². The highest BCUT2D eigenvalue weighted by Gasteiger charge is 2.10. The Labute approximate surface area is 185 Å². The smallest absolute Gasteiger partial charge is 0.305 e. The van der Waals surface area contributed by atoms with Gasteiger partial charge in [-0.2, -0.15) is 0 Å². The van der Waals surface area contributed by atoms with Gasteiger partial charge in [0, 0.05) is 6.42 Å². The normalized spacial score (nSPS) is 10.7. The summed E-state index contributed by atoms with van der Waals surface area (Å²) in [6.45, 7) is 0.487. The molecule has 0 aliphatic heterocycles. The molecule has 2 aromatic rings. The summed E-state index contributed by atoms with van der Waals surface area (Å²) in [7, 11) is 3.06. The van der Waals surface area contributed by atoms with Gasteiger partial charge in [-0.3, -0.25) is 9.78 Å². The van der Waals surface area contributed by atoms with Crippen molar-refractivity contribution in [3.8, 4) is 11.5 Å². The van der Waals surface area contributed by atoms with Crippen molar-refractivity contribution >= 4 is 5.97 Å². The van der Waals surface area contributed by atoms with Crippen molar-refractivity contribution < 1.29 is 24.1 Å². The molecule has 1 aromatic carbocycles. The van der Waals surface area contributed by atoms with Gasteiger partial charge < -0.3 is 19.3 Å². The molecule has 6 heteroatoms. The zero-order valence-electron chi connectivity index (χ0n) is 18.8. The highest BCUT2D eigenvalue weighted by Crippen LogP contribution is 2.20. The fraction of sp³-hybridized carbons (Fsp3) is 0.520. The molecular formula is C25H35NO5. The number of unbranched alkanes of at least 4 members (excludes halogenated alkanes) is 5. The van der Waals surface area contributed by atoms with Crippen LogP contribution in [0.1, 0.15) is 61.9 Å². The number of pyridine rings is 1. The molecule has 0 aliphatic carbocycles. The van der Waals surface area contributed by atoms with Crippen LogP contribution in [0.2, 0.25) is 0 Å². The van der Waals surface area contributed by atoms with Gasteiger partial charge in [0.15, 0.2) is 0 Å². The van der Waals surface area contributed by atoms with Crippen LogP contribution in [0.25, 0.3) is 0 Å². The van der Waals surface area contributed by atoms with Gasteiger partial charge in [-0.1, -0.05) is 37.8 Å². The number of carbonyl (C=O) groups is 1. The van der Waals surface area contributed by atoms with Gasteiger partial charge in [-0.05, 0) is 49.1 Å². The molecule has 31 heavy (non-hydrogen) atoms. The summed E-state index contributed by atoms with van der Waals surface area (Å²) in [4.78, 5) is 15.8. The molecule has 0 unspecified atom stereocenters. The van der Waals surface area contributed by atoms with E-state index in [2.05, 4.69) is 17.1 Å². The number of carbonyl (C=O) groups excluding carboxylic acids is 1. The number of hydrogen-bond acceptors (Lipinski definition) is 6. The molecule has 0 saturated carbocycles. The van der Waals surface area contributed by atoms with E-state index < -0.39 is 0 Å². The minimum atomic E-state index is -0.283. The Kier molecular flexibility index (Phi) is 11.5. The Morgan fingerprint density at radius 1 is 0.903 bits per heavy atom. The van der Waals surface area contributed by atoms with Crippen molar-refractivity contribution in [1.82, 2.24) is 4.98 Å². The number of aryl methyl sites for hydroxylation is 2.